The first-order chi connectivity index (χ1) is 13.9. The molecule has 1 heterocycles. The molecule has 1 aromatic heterocycles. The molecule has 0 saturated carbocycles. The van der Waals surface area contributed by atoms with Crippen molar-refractivity contribution in [3.63, 3.8) is 0 Å². The van der Waals surface area contributed by atoms with Crippen molar-refractivity contribution in [3.8, 4) is 17.4 Å². The topological polar surface area (TPSA) is 66.2 Å². The summed E-state index contributed by atoms with van der Waals surface area (Å²) in [6.45, 7) is 17.9. The van der Waals surface area contributed by atoms with Gasteiger partial charge in [-0.1, -0.05) is 31.4 Å². The molecule has 1 aromatic carbocycles. The Morgan fingerprint density at radius 1 is 1.24 bits per heavy atom. The zero-order chi connectivity index (χ0) is 21.6. The largest absolute Gasteiger partial charge is 0.456 e. The normalized spacial score (nSPS) is 13.1. The summed E-state index contributed by atoms with van der Waals surface area (Å²) in [6, 6.07) is 11.9. The van der Waals surface area contributed by atoms with Gasteiger partial charge in [0.15, 0.2) is 0 Å². The third-order valence-electron chi connectivity index (χ3n) is 4.94. The minimum atomic E-state index is 0.232. The van der Waals surface area contributed by atoms with E-state index in [0.29, 0.717) is 22.7 Å². The van der Waals surface area contributed by atoms with E-state index >= 15 is 0 Å². The van der Waals surface area contributed by atoms with Crippen molar-refractivity contribution in [1.82, 2.24) is 4.90 Å². The second kappa shape index (κ2) is 9.66. The highest BCUT2D eigenvalue weighted by Gasteiger charge is 2.11. The molecule has 0 atom stereocenters. The predicted octanol–water partition coefficient (Wildman–Crippen LogP) is 4.15. The Morgan fingerprint density at radius 3 is 2.45 bits per heavy atom. The highest BCUT2D eigenvalue weighted by atomic mass is 16.3. The SMILES string of the molecule is C=C(N)/C(C#N)=C(\C)c1ccc(-c2cc/c(=C/C(=CC)N(CC)CC)c(=C)c2)o1. The van der Waals surface area contributed by atoms with Crippen LogP contribution < -0.4 is 16.2 Å². The number of hydrogen-bond donors (Lipinski definition) is 1. The van der Waals surface area contributed by atoms with Crippen LogP contribution in [0.25, 0.3) is 29.6 Å². The van der Waals surface area contributed by atoms with Crippen molar-refractivity contribution in [2.45, 2.75) is 27.7 Å². The Labute approximate surface area is 173 Å². The summed E-state index contributed by atoms with van der Waals surface area (Å²) < 4.78 is 5.97. The van der Waals surface area contributed by atoms with Crippen LogP contribution in [0.3, 0.4) is 0 Å². The minimum absolute atomic E-state index is 0.232. The van der Waals surface area contributed by atoms with Crippen LogP contribution in [-0.4, -0.2) is 18.0 Å². The standard InChI is InChI=1S/C25H29N3O/c1-7-22(28(8-2)9-3)15-20-10-11-21(14-17(20)4)25-13-12-24(29-25)18(5)23(16-26)19(6)27/h7,10-15H,4,6,8-9,27H2,1-3,5H3/b20-15-,22-7?,23-18+. The molecule has 2 aromatic rings. The fourth-order valence-electron chi connectivity index (χ4n) is 3.22. The molecule has 29 heavy (non-hydrogen) atoms. The number of nitrogens with two attached hydrogens (primary N) is 1. The predicted molar refractivity (Wildman–Crippen MR) is 122 cm³/mol. The number of allylic oxidation sites excluding steroid dienone is 4. The van der Waals surface area contributed by atoms with Crippen LogP contribution in [0.15, 0.2) is 64.4 Å². The first kappa shape index (κ1) is 21.8. The average Bonchev–Trinajstić information content (AvgIpc) is 3.19. The molecule has 0 aliphatic carbocycles. The Hall–Kier alpha value is -3.45. The lowest BCUT2D eigenvalue weighted by Crippen LogP contribution is -2.27. The number of benzene rings is 1. The molecule has 0 radical (unpaired) electrons. The minimum Gasteiger partial charge on any atom is -0.456 e. The molecular formula is C25H29N3O. The van der Waals surface area contributed by atoms with E-state index in [4.69, 9.17) is 10.2 Å². The van der Waals surface area contributed by atoms with Gasteiger partial charge in [-0.3, -0.25) is 0 Å². The van der Waals surface area contributed by atoms with Gasteiger partial charge in [0.2, 0.25) is 0 Å². The number of nitriles is 1. The maximum absolute atomic E-state index is 9.28. The Bertz CT molecular complexity index is 1110. The van der Waals surface area contributed by atoms with E-state index in [0.717, 1.165) is 29.1 Å². The van der Waals surface area contributed by atoms with Crippen molar-refractivity contribution in [2.75, 3.05) is 13.1 Å². The van der Waals surface area contributed by atoms with Crippen LogP contribution in [0.2, 0.25) is 0 Å². The maximum Gasteiger partial charge on any atom is 0.134 e. The number of nitrogens with zero attached hydrogens (tertiary/aromatic N) is 2. The fourth-order valence-corrected chi connectivity index (χ4v) is 3.22. The molecule has 4 heteroatoms. The van der Waals surface area contributed by atoms with E-state index in [1.165, 1.54) is 5.70 Å². The van der Waals surface area contributed by atoms with Crippen molar-refractivity contribution in [2.24, 2.45) is 5.73 Å². The highest BCUT2D eigenvalue weighted by Crippen LogP contribution is 2.27. The second-order valence-electron chi connectivity index (χ2n) is 6.74. The van der Waals surface area contributed by atoms with E-state index in [1.807, 2.05) is 31.2 Å². The summed E-state index contributed by atoms with van der Waals surface area (Å²) in [5.74, 6) is 1.31. The van der Waals surface area contributed by atoms with Gasteiger partial charge in [0.1, 0.15) is 17.6 Å². The zero-order valence-electron chi connectivity index (χ0n) is 17.7. The molecule has 0 unspecified atom stereocenters. The third kappa shape index (κ3) is 4.89. The zero-order valence-corrected chi connectivity index (χ0v) is 17.7. The van der Waals surface area contributed by atoms with Crippen LogP contribution in [0.5, 0.6) is 0 Å². The van der Waals surface area contributed by atoms with E-state index < -0.39 is 0 Å². The van der Waals surface area contributed by atoms with Crippen molar-refractivity contribution in [1.29, 1.82) is 5.26 Å². The molecule has 2 rings (SSSR count). The monoisotopic (exact) mass is 387 g/mol. The van der Waals surface area contributed by atoms with Crippen LogP contribution in [0.4, 0.5) is 0 Å². The summed E-state index contributed by atoms with van der Waals surface area (Å²) >= 11 is 0. The first-order valence-corrected chi connectivity index (χ1v) is 9.74. The Kier molecular flexibility index (Phi) is 7.27. The molecule has 0 spiro atoms. The van der Waals surface area contributed by atoms with Crippen molar-refractivity contribution < 1.29 is 4.42 Å². The summed E-state index contributed by atoms with van der Waals surface area (Å²) in [7, 11) is 0. The van der Waals surface area contributed by atoms with Crippen LogP contribution in [-0.2, 0) is 0 Å². The number of rotatable bonds is 7. The first-order valence-electron chi connectivity index (χ1n) is 9.74. The van der Waals surface area contributed by atoms with Gasteiger partial charge in [-0.05, 0) is 62.4 Å². The maximum atomic E-state index is 9.28. The average molecular weight is 388 g/mol. The quantitative estimate of drug-likeness (QED) is 0.572. The van der Waals surface area contributed by atoms with Crippen LogP contribution >= 0.6 is 0 Å². The van der Waals surface area contributed by atoms with Gasteiger partial charge in [-0.25, -0.2) is 0 Å². The Morgan fingerprint density at radius 2 is 1.93 bits per heavy atom. The third-order valence-corrected chi connectivity index (χ3v) is 4.94. The lowest BCUT2D eigenvalue weighted by molar-refractivity contribution is 0.399. The van der Waals surface area contributed by atoms with E-state index in [-0.39, 0.29) is 5.70 Å². The van der Waals surface area contributed by atoms with Crippen LogP contribution in [0.1, 0.15) is 33.5 Å². The molecule has 0 fully saturated rings. The summed E-state index contributed by atoms with van der Waals surface area (Å²) in [5, 5.41) is 11.3. The molecule has 0 aliphatic heterocycles. The summed E-state index contributed by atoms with van der Waals surface area (Å²) in [6.07, 6.45) is 4.28. The van der Waals surface area contributed by atoms with Crippen LogP contribution in [0, 0.1) is 11.3 Å². The summed E-state index contributed by atoms with van der Waals surface area (Å²) in [4.78, 5) is 2.30. The second-order valence-corrected chi connectivity index (χ2v) is 6.74. The highest BCUT2D eigenvalue weighted by molar-refractivity contribution is 5.73. The number of hydrogen-bond acceptors (Lipinski definition) is 4. The lowest BCUT2D eigenvalue weighted by atomic mass is 10.1. The van der Waals surface area contributed by atoms with Crippen molar-refractivity contribution >= 4 is 18.2 Å². The molecule has 4 nitrogen and oxygen atoms in total. The molecular weight excluding hydrogens is 358 g/mol. The van der Waals surface area contributed by atoms with E-state index in [2.05, 4.69) is 56.2 Å². The van der Waals surface area contributed by atoms with E-state index in [1.54, 1.807) is 6.92 Å². The van der Waals surface area contributed by atoms with E-state index in [9.17, 15) is 5.26 Å². The van der Waals surface area contributed by atoms with Gasteiger partial charge in [0.25, 0.3) is 0 Å². The van der Waals surface area contributed by atoms with Gasteiger partial charge < -0.3 is 15.1 Å². The Balaban J connectivity index is 2.44. The molecule has 150 valence electrons. The molecule has 2 N–H and O–H groups in total. The van der Waals surface area contributed by atoms with Gasteiger partial charge >= 0.3 is 0 Å². The fraction of sp³-hybridized carbons (Fsp3) is 0.240. The molecule has 0 aliphatic rings. The van der Waals surface area contributed by atoms with Crippen molar-refractivity contribution in [3.05, 3.63) is 76.2 Å². The molecule has 0 saturated heterocycles. The van der Waals surface area contributed by atoms with Gasteiger partial charge in [0.05, 0.1) is 5.57 Å². The summed E-state index contributed by atoms with van der Waals surface area (Å²) in [5.41, 5.74) is 9.05. The smallest absolute Gasteiger partial charge is 0.134 e. The molecule has 0 amide bonds. The molecule has 0 bridgehead atoms. The van der Waals surface area contributed by atoms with Gasteiger partial charge in [-0.2, -0.15) is 5.26 Å². The lowest BCUT2D eigenvalue weighted by Gasteiger charge is -2.21. The van der Waals surface area contributed by atoms with Gasteiger partial charge in [-0.15, -0.1) is 0 Å². The number of furan rings is 1. The van der Waals surface area contributed by atoms with Gasteiger partial charge in [0, 0.05) is 35.6 Å².